The summed E-state index contributed by atoms with van der Waals surface area (Å²) in [5.41, 5.74) is 5.88. The topological polar surface area (TPSA) is 78.7 Å². The van der Waals surface area contributed by atoms with Crippen molar-refractivity contribution in [1.29, 1.82) is 0 Å². The molecule has 8 heteroatoms. The van der Waals surface area contributed by atoms with Gasteiger partial charge in [-0.1, -0.05) is 13.8 Å². The van der Waals surface area contributed by atoms with E-state index in [-0.39, 0.29) is 42.5 Å². The van der Waals surface area contributed by atoms with Crippen molar-refractivity contribution in [2.45, 2.75) is 26.8 Å². The first-order chi connectivity index (χ1) is 8.95. The van der Waals surface area contributed by atoms with E-state index in [1.165, 1.54) is 0 Å². The maximum absolute atomic E-state index is 12.1. The first-order valence-electron chi connectivity index (χ1n) is 6.99. The van der Waals surface area contributed by atoms with Gasteiger partial charge in [0.1, 0.15) is 0 Å². The smallest absolute Gasteiger partial charge is 0.239 e. The van der Waals surface area contributed by atoms with Gasteiger partial charge in [-0.3, -0.25) is 14.5 Å². The summed E-state index contributed by atoms with van der Waals surface area (Å²) in [5, 5.41) is 2.78. The van der Waals surface area contributed by atoms with Crippen LogP contribution in [-0.2, 0) is 9.59 Å². The molecule has 6 nitrogen and oxygen atoms in total. The molecule has 1 atom stereocenters. The minimum Gasteiger partial charge on any atom is -0.355 e. The van der Waals surface area contributed by atoms with Crippen molar-refractivity contribution < 1.29 is 9.59 Å². The van der Waals surface area contributed by atoms with Crippen LogP contribution in [0.3, 0.4) is 0 Å². The molecule has 0 aromatic rings. The Morgan fingerprint density at radius 1 is 1.14 bits per heavy atom. The molecule has 0 aromatic carbocycles. The largest absolute Gasteiger partial charge is 0.355 e. The van der Waals surface area contributed by atoms with Crippen LogP contribution in [0.1, 0.15) is 20.8 Å². The third kappa shape index (κ3) is 7.31. The predicted octanol–water partition coefficient (Wildman–Crippen LogP) is 0.0936. The number of halogens is 2. The molecule has 1 saturated heterocycles. The van der Waals surface area contributed by atoms with Gasteiger partial charge in [-0.05, 0) is 12.8 Å². The first-order valence-corrected chi connectivity index (χ1v) is 6.99. The lowest BCUT2D eigenvalue weighted by molar-refractivity contribution is -0.135. The lowest BCUT2D eigenvalue weighted by atomic mass is 10.0. The second kappa shape index (κ2) is 11.1. The number of hydrogen-bond donors (Lipinski definition) is 2. The van der Waals surface area contributed by atoms with Gasteiger partial charge < -0.3 is 16.0 Å². The number of carbonyl (C=O) groups excluding carboxylic acids is 2. The van der Waals surface area contributed by atoms with Crippen LogP contribution >= 0.6 is 24.8 Å². The highest BCUT2D eigenvalue weighted by atomic mass is 35.5. The SMILES string of the molecule is CCNC(=O)CN1CCN(C(=O)[C@@H](N)C(C)C)CC1.Cl.Cl. The van der Waals surface area contributed by atoms with Gasteiger partial charge in [0, 0.05) is 32.7 Å². The average molecular weight is 343 g/mol. The predicted molar refractivity (Wildman–Crippen MR) is 89.0 cm³/mol. The molecule has 0 saturated carbocycles. The molecular formula is C13H28Cl2N4O2. The number of amides is 2. The van der Waals surface area contributed by atoms with Gasteiger partial charge in [0.2, 0.25) is 11.8 Å². The number of piperazine rings is 1. The highest BCUT2D eigenvalue weighted by molar-refractivity contribution is 5.85. The zero-order valence-electron chi connectivity index (χ0n) is 13.0. The van der Waals surface area contributed by atoms with Crippen molar-refractivity contribution in [1.82, 2.24) is 15.1 Å². The number of hydrogen-bond acceptors (Lipinski definition) is 4. The summed E-state index contributed by atoms with van der Waals surface area (Å²) in [4.78, 5) is 27.4. The van der Waals surface area contributed by atoms with E-state index in [0.717, 1.165) is 13.1 Å². The summed E-state index contributed by atoms with van der Waals surface area (Å²) in [7, 11) is 0. The summed E-state index contributed by atoms with van der Waals surface area (Å²) < 4.78 is 0. The number of likely N-dealkylation sites (N-methyl/N-ethyl adjacent to an activating group) is 1. The molecule has 1 heterocycles. The van der Waals surface area contributed by atoms with E-state index in [1.807, 2.05) is 20.8 Å². The molecule has 0 aromatic heterocycles. The zero-order valence-corrected chi connectivity index (χ0v) is 14.6. The molecule has 1 fully saturated rings. The summed E-state index contributed by atoms with van der Waals surface area (Å²) in [5.74, 6) is 0.217. The van der Waals surface area contributed by atoms with Gasteiger partial charge in [0.25, 0.3) is 0 Å². The zero-order chi connectivity index (χ0) is 14.4. The van der Waals surface area contributed by atoms with Gasteiger partial charge in [0.05, 0.1) is 12.6 Å². The Morgan fingerprint density at radius 3 is 2.10 bits per heavy atom. The van der Waals surface area contributed by atoms with Gasteiger partial charge in [0.15, 0.2) is 0 Å². The van der Waals surface area contributed by atoms with Crippen LogP contribution in [0.25, 0.3) is 0 Å². The molecule has 1 aliphatic heterocycles. The van der Waals surface area contributed by atoms with E-state index in [1.54, 1.807) is 4.90 Å². The van der Waals surface area contributed by atoms with Crippen LogP contribution < -0.4 is 11.1 Å². The Bertz CT molecular complexity index is 321. The molecule has 1 aliphatic rings. The lowest BCUT2D eigenvalue weighted by Crippen LogP contribution is -2.55. The van der Waals surface area contributed by atoms with Crippen molar-refractivity contribution in [2.24, 2.45) is 11.7 Å². The van der Waals surface area contributed by atoms with E-state index in [4.69, 9.17) is 5.73 Å². The lowest BCUT2D eigenvalue weighted by Gasteiger charge is -2.36. The maximum Gasteiger partial charge on any atom is 0.239 e. The summed E-state index contributed by atoms with van der Waals surface area (Å²) >= 11 is 0. The second-order valence-electron chi connectivity index (χ2n) is 5.32. The minimum absolute atomic E-state index is 0. The van der Waals surface area contributed by atoms with E-state index in [2.05, 4.69) is 10.2 Å². The van der Waals surface area contributed by atoms with Crippen LogP contribution in [0.5, 0.6) is 0 Å². The molecule has 0 bridgehead atoms. The minimum atomic E-state index is -0.421. The van der Waals surface area contributed by atoms with Crippen molar-refractivity contribution in [3.05, 3.63) is 0 Å². The van der Waals surface area contributed by atoms with E-state index in [0.29, 0.717) is 26.2 Å². The van der Waals surface area contributed by atoms with E-state index < -0.39 is 6.04 Å². The Morgan fingerprint density at radius 2 is 1.67 bits per heavy atom. The summed E-state index contributed by atoms with van der Waals surface area (Å²) in [6.45, 7) is 9.63. The summed E-state index contributed by atoms with van der Waals surface area (Å²) in [6, 6.07) is -0.421. The van der Waals surface area contributed by atoms with Crippen LogP contribution in [-0.4, -0.2) is 66.9 Å². The fraction of sp³-hybridized carbons (Fsp3) is 0.846. The quantitative estimate of drug-likeness (QED) is 0.742. The molecule has 3 N–H and O–H groups in total. The third-order valence-corrected chi connectivity index (χ3v) is 3.43. The van der Waals surface area contributed by atoms with Crippen LogP contribution in [0.2, 0.25) is 0 Å². The van der Waals surface area contributed by atoms with Crippen molar-refractivity contribution >= 4 is 36.6 Å². The molecule has 0 spiro atoms. The van der Waals surface area contributed by atoms with Crippen molar-refractivity contribution in [3.8, 4) is 0 Å². The molecule has 1 rings (SSSR count). The fourth-order valence-electron chi connectivity index (χ4n) is 2.08. The van der Waals surface area contributed by atoms with E-state index >= 15 is 0 Å². The van der Waals surface area contributed by atoms with Crippen molar-refractivity contribution in [2.75, 3.05) is 39.3 Å². The molecule has 21 heavy (non-hydrogen) atoms. The Kier molecular flexibility index (Phi) is 12.0. The van der Waals surface area contributed by atoms with E-state index in [9.17, 15) is 9.59 Å². The molecule has 2 amide bonds. The monoisotopic (exact) mass is 342 g/mol. The number of rotatable bonds is 5. The van der Waals surface area contributed by atoms with Gasteiger partial charge >= 0.3 is 0 Å². The molecule has 126 valence electrons. The Labute approximate surface area is 139 Å². The Hall–Kier alpha value is -0.560. The third-order valence-electron chi connectivity index (χ3n) is 3.43. The van der Waals surface area contributed by atoms with Crippen LogP contribution in [0.4, 0.5) is 0 Å². The molecule has 0 aliphatic carbocycles. The molecule has 0 unspecified atom stereocenters. The number of nitrogens with zero attached hydrogens (tertiary/aromatic N) is 2. The normalized spacial score (nSPS) is 16.7. The highest BCUT2D eigenvalue weighted by Crippen LogP contribution is 2.07. The highest BCUT2D eigenvalue weighted by Gasteiger charge is 2.27. The van der Waals surface area contributed by atoms with Crippen molar-refractivity contribution in [3.63, 3.8) is 0 Å². The van der Waals surface area contributed by atoms with Crippen LogP contribution in [0.15, 0.2) is 0 Å². The van der Waals surface area contributed by atoms with Gasteiger partial charge in [-0.25, -0.2) is 0 Å². The maximum atomic E-state index is 12.1. The average Bonchev–Trinajstić information content (AvgIpc) is 2.38. The summed E-state index contributed by atoms with van der Waals surface area (Å²) in [6.07, 6.45) is 0. The number of carbonyl (C=O) groups is 2. The van der Waals surface area contributed by atoms with Gasteiger partial charge in [-0.2, -0.15) is 0 Å². The second-order valence-corrected chi connectivity index (χ2v) is 5.32. The standard InChI is InChI=1S/C13H26N4O2.2ClH/c1-4-15-11(18)9-16-5-7-17(8-6-16)13(19)12(14)10(2)3;;/h10,12H,4-9,14H2,1-3H3,(H,15,18);2*1H/t12-;;/m0../s1. The Balaban J connectivity index is 0. The number of nitrogens with two attached hydrogens (primary N) is 1. The van der Waals surface area contributed by atoms with Crippen LogP contribution in [0, 0.1) is 5.92 Å². The first kappa shape index (κ1) is 22.7. The van der Waals surface area contributed by atoms with Gasteiger partial charge in [-0.15, -0.1) is 24.8 Å². The molecule has 0 radical (unpaired) electrons. The molecular weight excluding hydrogens is 315 g/mol. The number of nitrogens with one attached hydrogen (secondary N) is 1. The fourth-order valence-corrected chi connectivity index (χ4v) is 2.08.